The van der Waals surface area contributed by atoms with Crippen molar-refractivity contribution in [1.82, 2.24) is 4.90 Å². The standard InChI is InChI=1S/C17H24N2O2/c1-2-20-13-6-5-9-19(11-13)12-17-15(10-18)14-7-3-4-8-16(14)21-17/h3-4,7-8,13H,2,5-6,9-12,18H2,1H3. The highest BCUT2D eigenvalue weighted by Crippen LogP contribution is 2.27. The van der Waals surface area contributed by atoms with E-state index >= 15 is 0 Å². The second-order valence-corrected chi connectivity index (χ2v) is 5.66. The van der Waals surface area contributed by atoms with Crippen molar-refractivity contribution in [1.29, 1.82) is 0 Å². The van der Waals surface area contributed by atoms with Crippen molar-refractivity contribution in [2.45, 2.75) is 39.0 Å². The Morgan fingerprint density at radius 1 is 1.38 bits per heavy atom. The molecule has 4 heteroatoms. The average Bonchev–Trinajstić information content (AvgIpc) is 2.85. The van der Waals surface area contributed by atoms with Gasteiger partial charge in [0.1, 0.15) is 11.3 Å². The third-order valence-corrected chi connectivity index (χ3v) is 4.22. The Morgan fingerprint density at radius 3 is 3.05 bits per heavy atom. The van der Waals surface area contributed by atoms with Gasteiger partial charge in [0.25, 0.3) is 0 Å². The van der Waals surface area contributed by atoms with Gasteiger partial charge in [-0.2, -0.15) is 0 Å². The van der Waals surface area contributed by atoms with Gasteiger partial charge in [-0.1, -0.05) is 18.2 Å². The summed E-state index contributed by atoms with van der Waals surface area (Å²) >= 11 is 0. The summed E-state index contributed by atoms with van der Waals surface area (Å²) in [7, 11) is 0. The van der Waals surface area contributed by atoms with E-state index in [1.54, 1.807) is 0 Å². The summed E-state index contributed by atoms with van der Waals surface area (Å²) in [6.45, 7) is 6.28. The van der Waals surface area contributed by atoms with Gasteiger partial charge in [0, 0.05) is 30.6 Å². The Hall–Kier alpha value is -1.36. The normalized spacial score (nSPS) is 20.2. The van der Waals surface area contributed by atoms with Crippen LogP contribution in [0.5, 0.6) is 0 Å². The highest BCUT2D eigenvalue weighted by atomic mass is 16.5. The van der Waals surface area contributed by atoms with Gasteiger partial charge < -0.3 is 14.9 Å². The monoisotopic (exact) mass is 288 g/mol. The van der Waals surface area contributed by atoms with Crippen LogP contribution in [-0.2, 0) is 17.8 Å². The molecule has 3 rings (SSSR count). The molecule has 1 saturated heterocycles. The first-order valence-electron chi connectivity index (χ1n) is 7.85. The van der Waals surface area contributed by atoms with E-state index in [4.69, 9.17) is 14.9 Å². The lowest BCUT2D eigenvalue weighted by Crippen LogP contribution is -2.39. The van der Waals surface area contributed by atoms with E-state index < -0.39 is 0 Å². The van der Waals surface area contributed by atoms with Gasteiger partial charge in [-0.15, -0.1) is 0 Å². The van der Waals surface area contributed by atoms with Crippen LogP contribution in [0, 0.1) is 0 Å². The summed E-state index contributed by atoms with van der Waals surface area (Å²) in [6, 6.07) is 8.13. The van der Waals surface area contributed by atoms with Crippen LogP contribution in [0.4, 0.5) is 0 Å². The van der Waals surface area contributed by atoms with Crippen LogP contribution < -0.4 is 5.73 Å². The number of benzene rings is 1. The Bertz CT molecular complexity index is 591. The summed E-state index contributed by atoms with van der Waals surface area (Å²) in [6.07, 6.45) is 2.70. The van der Waals surface area contributed by atoms with Crippen molar-refractivity contribution >= 4 is 11.0 Å². The summed E-state index contributed by atoms with van der Waals surface area (Å²) in [5.41, 5.74) is 8.02. The van der Waals surface area contributed by atoms with E-state index in [0.29, 0.717) is 12.6 Å². The molecule has 1 unspecified atom stereocenters. The molecule has 1 fully saturated rings. The molecule has 2 aromatic rings. The number of piperidine rings is 1. The molecule has 0 saturated carbocycles. The minimum absolute atomic E-state index is 0.356. The van der Waals surface area contributed by atoms with Crippen LogP contribution >= 0.6 is 0 Å². The first-order valence-corrected chi connectivity index (χ1v) is 7.85. The number of furan rings is 1. The summed E-state index contributed by atoms with van der Waals surface area (Å²) in [5.74, 6) is 1.01. The van der Waals surface area contributed by atoms with E-state index in [9.17, 15) is 0 Å². The van der Waals surface area contributed by atoms with Crippen molar-refractivity contribution < 1.29 is 9.15 Å². The van der Waals surface area contributed by atoms with Gasteiger partial charge in [-0.3, -0.25) is 4.90 Å². The van der Waals surface area contributed by atoms with Crippen molar-refractivity contribution in [3.63, 3.8) is 0 Å². The second kappa shape index (κ2) is 6.60. The van der Waals surface area contributed by atoms with Crippen LogP contribution in [0.2, 0.25) is 0 Å². The third-order valence-electron chi connectivity index (χ3n) is 4.22. The molecule has 1 aromatic heterocycles. The molecular weight excluding hydrogens is 264 g/mol. The zero-order valence-corrected chi connectivity index (χ0v) is 12.7. The van der Waals surface area contributed by atoms with Gasteiger partial charge in [-0.25, -0.2) is 0 Å². The number of hydrogen-bond acceptors (Lipinski definition) is 4. The highest BCUT2D eigenvalue weighted by molar-refractivity contribution is 5.82. The molecule has 0 spiro atoms. The average molecular weight is 288 g/mol. The Balaban J connectivity index is 1.78. The molecule has 0 aliphatic carbocycles. The Kier molecular flexibility index (Phi) is 4.58. The van der Waals surface area contributed by atoms with Gasteiger partial charge in [0.05, 0.1) is 12.6 Å². The molecule has 0 bridgehead atoms. The molecule has 1 aromatic carbocycles. The molecule has 2 heterocycles. The zero-order chi connectivity index (χ0) is 14.7. The lowest BCUT2D eigenvalue weighted by molar-refractivity contribution is 0.00204. The molecule has 1 atom stereocenters. The smallest absolute Gasteiger partial charge is 0.134 e. The molecule has 21 heavy (non-hydrogen) atoms. The topological polar surface area (TPSA) is 51.6 Å². The number of para-hydroxylation sites is 1. The lowest BCUT2D eigenvalue weighted by Gasteiger charge is -2.32. The minimum Gasteiger partial charge on any atom is -0.459 e. The fourth-order valence-electron chi connectivity index (χ4n) is 3.23. The van der Waals surface area contributed by atoms with Crippen molar-refractivity contribution in [2.75, 3.05) is 19.7 Å². The van der Waals surface area contributed by atoms with Gasteiger partial charge in [0.15, 0.2) is 0 Å². The van der Waals surface area contributed by atoms with Gasteiger partial charge in [-0.05, 0) is 32.4 Å². The summed E-state index contributed by atoms with van der Waals surface area (Å²) < 4.78 is 11.8. The molecular formula is C17H24N2O2. The number of hydrogen-bond donors (Lipinski definition) is 1. The molecule has 1 aliphatic heterocycles. The molecule has 0 radical (unpaired) electrons. The van der Waals surface area contributed by atoms with Crippen LogP contribution in [0.1, 0.15) is 31.1 Å². The van der Waals surface area contributed by atoms with Crippen LogP contribution in [0.25, 0.3) is 11.0 Å². The quantitative estimate of drug-likeness (QED) is 0.919. The maximum atomic E-state index is 6.03. The fourth-order valence-corrected chi connectivity index (χ4v) is 3.23. The SMILES string of the molecule is CCOC1CCCN(Cc2oc3ccccc3c2CN)C1. The predicted octanol–water partition coefficient (Wildman–Crippen LogP) is 2.89. The van der Waals surface area contributed by atoms with E-state index in [1.807, 2.05) is 18.2 Å². The maximum absolute atomic E-state index is 6.03. The molecule has 2 N–H and O–H groups in total. The number of nitrogens with two attached hydrogens (primary N) is 1. The number of rotatable bonds is 5. The van der Waals surface area contributed by atoms with Crippen molar-refractivity contribution in [3.8, 4) is 0 Å². The Morgan fingerprint density at radius 2 is 2.24 bits per heavy atom. The van der Waals surface area contributed by atoms with Crippen LogP contribution in [-0.4, -0.2) is 30.7 Å². The fraction of sp³-hybridized carbons (Fsp3) is 0.529. The first-order chi connectivity index (χ1) is 10.3. The van der Waals surface area contributed by atoms with Crippen LogP contribution in [0.3, 0.4) is 0 Å². The largest absolute Gasteiger partial charge is 0.459 e. The highest BCUT2D eigenvalue weighted by Gasteiger charge is 2.22. The predicted molar refractivity (Wildman–Crippen MR) is 84.0 cm³/mol. The molecule has 114 valence electrons. The summed E-state index contributed by atoms with van der Waals surface area (Å²) in [5, 5.41) is 1.15. The van der Waals surface area contributed by atoms with E-state index in [1.165, 1.54) is 6.42 Å². The maximum Gasteiger partial charge on any atom is 0.134 e. The van der Waals surface area contributed by atoms with Crippen molar-refractivity contribution in [2.24, 2.45) is 5.73 Å². The van der Waals surface area contributed by atoms with E-state index in [2.05, 4.69) is 17.9 Å². The van der Waals surface area contributed by atoms with E-state index in [-0.39, 0.29) is 0 Å². The zero-order valence-electron chi connectivity index (χ0n) is 12.7. The molecule has 1 aliphatic rings. The number of fused-ring (bicyclic) bond motifs is 1. The third kappa shape index (κ3) is 3.12. The van der Waals surface area contributed by atoms with E-state index in [0.717, 1.165) is 55.0 Å². The second-order valence-electron chi connectivity index (χ2n) is 5.66. The lowest BCUT2D eigenvalue weighted by atomic mass is 10.1. The Labute approximate surface area is 125 Å². The van der Waals surface area contributed by atoms with Gasteiger partial charge >= 0.3 is 0 Å². The van der Waals surface area contributed by atoms with Gasteiger partial charge in [0.2, 0.25) is 0 Å². The summed E-state index contributed by atoms with van der Waals surface area (Å²) in [4.78, 5) is 2.42. The number of likely N-dealkylation sites (tertiary alicyclic amines) is 1. The molecule has 0 amide bonds. The molecule has 4 nitrogen and oxygen atoms in total. The first kappa shape index (κ1) is 14.6. The van der Waals surface area contributed by atoms with Crippen LogP contribution in [0.15, 0.2) is 28.7 Å². The van der Waals surface area contributed by atoms with Crippen molar-refractivity contribution in [3.05, 3.63) is 35.6 Å². The number of nitrogens with zero attached hydrogens (tertiary/aromatic N) is 1. The minimum atomic E-state index is 0.356. The number of ether oxygens (including phenoxy) is 1.